The number of carboxylic acids is 1. The van der Waals surface area contributed by atoms with E-state index in [1.165, 1.54) is 0 Å². The molecule has 21 heavy (non-hydrogen) atoms. The molecule has 2 heterocycles. The summed E-state index contributed by atoms with van der Waals surface area (Å²) >= 11 is 1.08. The highest BCUT2D eigenvalue weighted by Gasteiger charge is 2.18. The summed E-state index contributed by atoms with van der Waals surface area (Å²) in [5, 5.41) is 23.7. The van der Waals surface area contributed by atoms with E-state index in [1.54, 1.807) is 30.5 Å². The number of rotatable bonds is 3. The molecule has 3 aromatic rings. The van der Waals surface area contributed by atoms with Crippen LogP contribution in [0.3, 0.4) is 0 Å². The van der Waals surface area contributed by atoms with Crippen LogP contribution >= 0.6 is 11.3 Å². The van der Waals surface area contributed by atoms with Crippen molar-refractivity contribution in [2.45, 2.75) is 6.92 Å². The minimum Gasteiger partial charge on any atom is -0.477 e. The summed E-state index contributed by atoms with van der Waals surface area (Å²) in [4.78, 5) is 23.5. The van der Waals surface area contributed by atoms with Crippen molar-refractivity contribution in [3.8, 4) is 0 Å². The molecule has 1 aromatic carbocycles. The van der Waals surface area contributed by atoms with Gasteiger partial charge in [0.1, 0.15) is 15.9 Å². The first-order valence-corrected chi connectivity index (χ1v) is 6.87. The predicted octanol–water partition coefficient (Wildman–Crippen LogP) is 2.28. The van der Waals surface area contributed by atoms with Crippen molar-refractivity contribution in [3.05, 3.63) is 39.6 Å². The maximum absolute atomic E-state index is 12.2. The van der Waals surface area contributed by atoms with Gasteiger partial charge in [0.15, 0.2) is 0 Å². The van der Waals surface area contributed by atoms with Crippen molar-refractivity contribution in [1.29, 1.82) is 0 Å². The summed E-state index contributed by atoms with van der Waals surface area (Å²) in [5.74, 6) is -1.45. The molecule has 0 spiro atoms. The van der Waals surface area contributed by atoms with E-state index in [-0.39, 0.29) is 10.8 Å². The van der Waals surface area contributed by atoms with Crippen LogP contribution in [0.25, 0.3) is 11.0 Å². The topological polar surface area (TPSA) is 108 Å². The van der Waals surface area contributed by atoms with Gasteiger partial charge in [-0.1, -0.05) is 0 Å². The largest absolute Gasteiger partial charge is 0.477 e. The number of anilines is 1. The molecule has 7 nitrogen and oxygen atoms in total. The van der Waals surface area contributed by atoms with E-state index < -0.39 is 5.97 Å². The minimum atomic E-state index is -1.06. The van der Waals surface area contributed by atoms with Gasteiger partial charge in [-0.05, 0) is 36.1 Å². The van der Waals surface area contributed by atoms with E-state index in [2.05, 4.69) is 20.7 Å². The zero-order valence-corrected chi connectivity index (χ0v) is 11.7. The highest BCUT2D eigenvalue weighted by atomic mass is 32.1. The number of aromatic amines is 1. The Labute approximate surface area is 122 Å². The van der Waals surface area contributed by atoms with Crippen LogP contribution in [-0.4, -0.2) is 32.4 Å². The molecular formula is C13H10N4O3S. The molecule has 1 amide bonds. The van der Waals surface area contributed by atoms with E-state index in [4.69, 9.17) is 5.11 Å². The lowest BCUT2D eigenvalue weighted by Crippen LogP contribution is -2.14. The first-order chi connectivity index (χ1) is 10.1. The fourth-order valence-electron chi connectivity index (χ4n) is 1.92. The van der Waals surface area contributed by atoms with Gasteiger partial charge in [-0.25, -0.2) is 4.79 Å². The molecule has 106 valence electrons. The number of benzene rings is 1. The Balaban J connectivity index is 1.92. The molecule has 0 radical (unpaired) electrons. The molecule has 0 bridgehead atoms. The normalized spacial score (nSPS) is 10.7. The van der Waals surface area contributed by atoms with Crippen LogP contribution in [0.5, 0.6) is 0 Å². The van der Waals surface area contributed by atoms with E-state index in [9.17, 15) is 9.59 Å². The number of thiophene rings is 1. The van der Waals surface area contributed by atoms with Crippen molar-refractivity contribution in [2.75, 3.05) is 5.32 Å². The Morgan fingerprint density at radius 2 is 2.05 bits per heavy atom. The Kier molecular flexibility index (Phi) is 3.15. The molecule has 0 atom stereocenters. The summed E-state index contributed by atoms with van der Waals surface area (Å²) in [6.45, 7) is 1.75. The van der Waals surface area contributed by atoms with Crippen LogP contribution in [0.4, 0.5) is 5.69 Å². The first-order valence-electron chi connectivity index (χ1n) is 5.99. The van der Waals surface area contributed by atoms with Crippen LogP contribution in [0.2, 0.25) is 0 Å². The van der Waals surface area contributed by atoms with Gasteiger partial charge in [0, 0.05) is 5.56 Å². The van der Waals surface area contributed by atoms with Gasteiger partial charge in [-0.3, -0.25) is 4.79 Å². The van der Waals surface area contributed by atoms with Crippen LogP contribution in [0.1, 0.15) is 25.6 Å². The number of aryl methyl sites for hydroxylation is 1. The SMILES string of the molecule is Cc1csc(C(=O)O)c1NC(=O)c1ccc2n[nH]nc2c1. The lowest BCUT2D eigenvalue weighted by molar-refractivity contribution is 0.0703. The molecule has 0 unspecified atom stereocenters. The number of carbonyl (C=O) groups is 2. The number of H-pyrrole nitrogens is 1. The minimum absolute atomic E-state index is 0.114. The molecule has 2 aromatic heterocycles. The molecule has 0 saturated heterocycles. The monoisotopic (exact) mass is 302 g/mol. The van der Waals surface area contributed by atoms with Crippen LogP contribution in [0, 0.1) is 6.92 Å². The van der Waals surface area contributed by atoms with Gasteiger partial charge in [-0.15, -0.1) is 11.3 Å². The molecule has 0 fully saturated rings. The second kappa shape index (κ2) is 4.98. The quantitative estimate of drug-likeness (QED) is 0.688. The molecule has 3 N–H and O–H groups in total. The maximum Gasteiger partial charge on any atom is 0.348 e. The highest BCUT2D eigenvalue weighted by Crippen LogP contribution is 2.28. The molecule has 3 rings (SSSR count). The number of nitrogens with zero attached hydrogens (tertiary/aromatic N) is 2. The van der Waals surface area contributed by atoms with E-state index in [0.717, 1.165) is 11.3 Å². The fourth-order valence-corrected chi connectivity index (χ4v) is 2.77. The highest BCUT2D eigenvalue weighted by molar-refractivity contribution is 7.12. The molecule has 0 saturated carbocycles. The standard InChI is InChI=1S/C13H10N4O3S/c1-6-5-21-11(13(19)20)10(6)14-12(18)7-2-3-8-9(4-7)16-17-15-8/h2-5H,1H3,(H,14,18)(H,19,20)(H,15,16,17). The van der Waals surface area contributed by atoms with Crippen molar-refractivity contribution >= 4 is 39.9 Å². The van der Waals surface area contributed by atoms with Gasteiger partial charge >= 0.3 is 5.97 Å². The number of amides is 1. The molecule has 0 aliphatic carbocycles. The predicted molar refractivity (Wildman–Crippen MR) is 77.9 cm³/mol. The third-order valence-electron chi connectivity index (χ3n) is 2.99. The smallest absolute Gasteiger partial charge is 0.348 e. The van der Waals surface area contributed by atoms with E-state index in [0.29, 0.717) is 27.8 Å². The number of aromatic nitrogens is 3. The van der Waals surface area contributed by atoms with Gasteiger partial charge in [-0.2, -0.15) is 15.4 Å². The number of carbonyl (C=O) groups excluding carboxylic acids is 1. The second-order valence-electron chi connectivity index (χ2n) is 4.41. The summed E-state index contributed by atoms with van der Waals surface area (Å²) in [6, 6.07) is 4.88. The maximum atomic E-state index is 12.2. The van der Waals surface area contributed by atoms with Crippen molar-refractivity contribution in [2.24, 2.45) is 0 Å². The van der Waals surface area contributed by atoms with Gasteiger partial charge < -0.3 is 10.4 Å². The first kappa shape index (κ1) is 13.3. The van der Waals surface area contributed by atoms with Gasteiger partial charge in [0.05, 0.1) is 5.69 Å². The van der Waals surface area contributed by atoms with Gasteiger partial charge in [0.25, 0.3) is 5.91 Å². The third-order valence-corrected chi connectivity index (χ3v) is 4.07. The van der Waals surface area contributed by atoms with Gasteiger partial charge in [0.2, 0.25) is 0 Å². The Bertz CT molecular complexity index is 852. The fraction of sp³-hybridized carbons (Fsp3) is 0.0769. The lowest BCUT2D eigenvalue weighted by Gasteiger charge is -2.06. The Morgan fingerprint density at radius 1 is 1.29 bits per heavy atom. The number of hydrogen-bond acceptors (Lipinski definition) is 5. The third kappa shape index (κ3) is 2.36. The summed E-state index contributed by atoms with van der Waals surface area (Å²) < 4.78 is 0. The number of aromatic carboxylic acids is 1. The molecule has 0 aliphatic rings. The molecule has 8 heteroatoms. The second-order valence-corrected chi connectivity index (χ2v) is 5.29. The summed E-state index contributed by atoms with van der Waals surface area (Å²) in [5.41, 5.74) is 2.66. The van der Waals surface area contributed by atoms with E-state index in [1.807, 2.05) is 0 Å². The Morgan fingerprint density at radius 3 is 2.81 bits per heavy atom. The van der Waals surface area contributed by atoms with Crippen LogP contribution < -0.4 is 5.32 Å². The van der Waals surface area contributed by atoms with Crippen molar-refractivity contribution in [3.63, 3.8) is 0 Å². The number of hydrogen-bond donors (Lipinski definition) is 3. The van der Waals surface area contributed by atoms with E-state index >= 15 is 0 Å². The average Bonchev–Trinajstić information content (AvgIpc) is 3.05. The Hall–Kier alpha value is -2.74. The average molecular weight is 302 g/mol. The number of fused-ring (bicyclic) bond motifs is 1. The summed E-state index contributed by atoms with van der Waals surface area (Å²) in [7, 11) is 0. The molecular weight excluding hydrogens is 292 g/mol. The zero-order valence-electron chi connectivity index (χ0n) is 10.9. The van der Waals surface area contributed by atoms with Crippen molar-refractivity contribution in [1.82, 2.24) is 15.4 Å². The number of carboxylic acid groups (broad SMARTS) is 1. The van der Waals surface area contributed by atoms with Crippen molar-refractivity contribution < 1.29 is 14.7 Å². The van der Waals surface area contributed by atoms with Crippen LogP contribution in [-0.2, 0) is 0 Å². The zero-order chi connectivity index (χ0) is 15.0. The molecule has 0 aliphatic heterocycles. The number of nitrogens with one attached hydrogen (secondary N) is 2. The summed E-state index contributed by atoms with van der Waals surface area (Å²) in [6.07, 6.45) is 0. The lowest BCUT2D eigenvalue weighted by atomic mass is 10.1. The van der Waals surface area contributed by atoms with Crippen LogP contribution in [0.15, 0.2) is 23.6 Å².